The van der Waals surface area contributed by atoms with Crippen LogP contribution in [-0.2, 0) is 17.6 Å². The predicted molar refractivity (Wildman–Crippen MR) is 83.0 cm³/mol. The molecule has 0 radical (unpaired) electrons. The Kier molecular flexibility index (Phi) is 5.92. The normalized spacial score (nSPS) is 11.4. The van der Waals surface area contributed by atoms with Crippen LogP contribution in [0.15, 0.2) is 30.5 Å². The van der Waals surface area contributed by atoms with Crippen molar-refractivity contribution in [3.8, 4) is 0 Å². The highest BCUT2D eigenvalue weighted by Gasteiger charge is 2.31. The van der Waals surface area contributed by atoms with E-state index < -0.39 is 17.6 Å². The fraction of sp³-hybridized carbons (Fsp3) is 0.143. The Morgan fingerprint density at radius 3 is 2.50 bits per heavy atom. The molecule has 24 heavy (non-hydrogen) atoms. The Balaban J connectivity index is 1.99. The number of nitrogens with one attached hydrogen (secondary N) is 1. The molecule has 2 aromatic rings. The lowest BCUT2D eigenvalue weighted by molar-refractivity contribution is -0.137. The fourth-order valence-corrected chi connectivity index (χ4v) is 2.22. The maximum atomic E-state index is 12.5. The van der Waals surface area contributed by atoms with Gasteiger partial charge in [-0.15, -0.1) is 0 Å². The van der Waals surface area contributed by atoms with Gasteiger partial charge in [-0.1, -0.05) is 34.8 Å². The van der Waals surface area contributed by atoms with E-state index in [4.69, 9.17) is 39.6 Å². The van der Waals surface area contributed by atoms with Gasteiger partial charge in [-0.25, -0.2) is 5.48 Å². The van der Waals surface area contributed by atoms with Crippen LogP contribution in [0.25, 0.3) is 0 Å². The Morgan fingerprint density at radius 1 is 1.17 bits per heavy atom. The van der Waals surface area contributed by atoms with Gasteiger partial charge in [0, 0.05) is 11.2 Å². The number of pyridine rings is 1. The number of benzene rings is 1. The summed E-state index contributed by atoms with van der Waals surface area (Å²) < 4.78 is 37.5. The molecule has 0 spiro atoms. The summed E-state index contributed by atoms with van der Waals surface area (Å²) >= 11 is 17.3. The van der Waals surface area contributed by atoms with Crippen molar-refractivity contribution in [3.63, 3.8) is 0 Å². The first-order valence-electron chi connectivity index (χ1n) is 6.27. The molecule has 0 saturated heterocycles. The van der Waals surface area contributed by atoms with Gasteiger partial charge in [0.2, 0.25) is 0 Å². The number of halogens is 6. The molecule has 0 fully saturated rings. The second kappa shape index (κ2) is 7.57. The van der Waals surface area contributed by atoms with Gasteiger partial charge in [-0.3, -0.25) is 14.6 Å². The van der Waals surface area contributed by atoms with Gasteiger partial charge in [-0.2, -0.15) is 13.2 Å². The topological polar surface area (TPSA) is 51.2 Å². The highest BCUT2D eigenvalue weighted by Crippen LogP contribution is 2.31. The maximum Gasteiger partial charge on any atom is 0.417 e. The monoisotopic (exact) mass is 398 g/mol. The number of nitrogens with zero attached hydrogens (tertiary/aromatic N) is 1. The molecule has 2 rings (SSSR count). The number of hydrogen-bond donors (Lipinski definition) is 1. The van der Waals surface area contributed by atoms with Crippen molar-refractivity contribution in [1.29, 1.82) is 0 Å². The molecular weight excluding hydrogens is 392 g/mol. The van der Waals surface area contributed by atoms with E-state index in [0.29, 0.717) is 11.2 Å². The first-order chi connectivity index (χ1) is 11.2. The first-order valence-corrected chi connectivity index (χ1v) is 7.40. The summed E-state index contributed by atoms with van der Waals surface area (Å²) in [7, 11) is 0. The number of rotatable bonds is 4. The average molecular weight is 400 g/mol. The number of hydrogen-bond acceptors (Lipinski definition) is 3. The molecule has 0 bridgehead atoms. The number of aromatic nitrogens is 1. The van der Waals surface area contributed by atoms with E-state index in [1.165, 1.54) is 18.2 Å². The summed E-state index contributed by atoms with van der Waals surface area (Å²) in [5.41, 5.74) is 1.21. The summed E-state index contributed by atoms with van der Waals surface area (Å²) in [6.07, 6.45) is -3.92. The van der Waals surface area contributed by atoms with Crippen molar-refractivity contribution in [1.82, 2.24) is 10.5 Å². The van der Waals surface area contributed by atoms with Gasteiger partial charge in [0.05, 0.1) is 26.9 Å². The van der Waals surface area contributed by atoms with Gasteiger partial charge in [0.1, 0.15) is 6.61 Å². The quantitative estimate of drug-likeness (QED) is 0.742. The average Bonchev–Trinajstić information content (AvgIpc) is 2.50. The molecule has 0 saturated carbocycles. The second-order valence-electron chi connectivity index (χ2n) is 4.49. The summed E-state index contributed by atoms with van der Waals surface area (Å²) in [6, 6.07) is 5.01. The third-order valence-electron chi connectivity index (χ3n) is 2.79. The molecule has 0 aliphatic rings. The predicted octanol–water partition coefficient (Wildman–Crippen LogP) is 4.92. The highest BCUT2D eigenvalue weighted by molar-refractivity contribution is 6.35. The molecule has 1 aromatic carbocycles. The molecule has 1 heterocycles. The van der Waals surface area contributed by atoms with Crippen LogP contribution >= 0.6 is 34.8 Å². The van der Waals surface area contributed by atoms with Crippen molar-refractivity contribution in [2.75, 3.05) is 0 Å². The van der Waals surface area contributed by atoms with Crippen LogP contribution in [-0.4, -0.2) is 10.9 Å². The van der Waals surface area contributed by atoms with Crippen LogP contribution in [0.1, 0.15) is 21.6 Å². The van der Waals surface area contributed by atoms with Crippen LogP contribution < -0.4 is 5.48 Å². The van der Waals surface area contributed by atoms with Gasteiger partial charge in [-0.05, 0) is 24.3 Å². The third kappa shape index (κ3) is 4.73. The first kappa shape index (κ1) is 18.8. The molecule has 1 amide bonds. The highest BCUT2D eigenvalue weighted by atomic mass is 35.5. The zero-order chi connectivity index (χ0) is 17.9. The molecule has 128 valence electrons. The molecule has 0 unspecified atom stereocenters. The van der Waals surface area contributed by atoms with Crippen molar-refractivity contribution >= 4 is 40.7 Å². The number of carbonyl (C=O) groups excluding carboxylic acids is 1. The van der Waals surface area contributed by atoms with Crippen molar-refractivity contribution < 1.29 is 22.8 Å². The lowest BCUT2D eigenvalue weighted by Crippen LogP contribution is -2.24. The Labute approximate surface area is 149 Å². The molecule has 0 atom stereocenters. The number of carbonyl (C=O) groups is 1. The Hall–Kier alpha value is -1.54. The van der Waals surface area contributed by atoms with E-state index in [1.807, 2.05) is 0 Å². The van der Waals surface area contributed by atoms with Crippen molar-refractivity contribution in [3.05, 3.63) is 62.4 Å². The lowest BCUT2D eigenvalue weighted by Gasteiger charge is -2.10. The van der Waals surface area contributed by atoms with E-state index in [2.05, 4.69) is 10.5 Å². The summed E-state index contributed by atoms with van der Waals surface area (Å²) in [5.74, 6) is -0.675. The minimum atomic E-state index is -4.55. The van der Waals surface area contributed by atoms with E-state index in [-0.39, 0.29) is 27.9 Å². The third-order valence-corrected chi connectivity index (χ3v) is 3.68. The standard InChI is InChI=1S/C14H8Cl3F3N2O2/c15-8-1-2-10(16)9(4-8)13(23)22-24-6-12-11(17)3-7(5-21-12)14(18,19)20/h1-5H,6H2,(H,22,23). The minimum Gasteiger partial charge on any atom is -0.267 e. The summed E-state index contributed by atoms with van der Waals surface area (Å²) in [5, 5.41) is 0.225. The SMILES string of the molecule is O=C(NOCc1ncc(C(F)(F)F)cc1Cl)c1cc(Cl)ccc1Cl. The Bertz CT molecular complexity index is 769. The smallest absolute Gasteiger partial charge is 0.267 e. The van der Waals surface area contributed by atoms with Crippen molar-refractivity contribution in [2.24, 2.45) is 0 Å². The van der Waals surface area contributed by atoms with Gasteiger partial charge >= 0.3 is 6.18 Å². The van der Waals surface area contributed by atoms with Gasteiger partial charge in [0.15, 0.2) is 0 Å². The van der Waals surface area contributed by atoms with Crippen LogP contribution in [0.2, 0.25) is 15.1 Å². The van der Waals surface area contributed by atoms with Crippen LogP contribution in [0.4, 0.5) is 13.2 Å². The molecule has 4 nitrogen and oxygen atoms in total. The minimum absolute atomic E-state index is 0.0298. The second-order valence-corrected chi connectivity index (χ2v) is 5.75. The number of alkyl halides is 3. The zero-order valence-electron chi connectivity index (χ0n) is 11.6. The summed E-state index contributed by atoms with van der Waals surface area (Å²) in [4.78, 5) is 20.4. The van der Waals surface area contributed by atoms with Crippen LogP contribution in [0.5, 0.6) is 0 Å². The fourth-order valence-electron chi connectivity index (χ4n) is 1.62. The number of hydroxylamine groups is 1. The lowest BCUT2D eigenvalue weighted by atomic mass is 10.2. The molecule has 1 aromatic heterocycles. The molecular formula is C14H8Cl3F3N2O2. The van der Waals surface area contributed by atoms with E-state index in [0.717, 1.165) is 6.07 Å². The Morgan fingerprint density at radius 2 is 1.88 bits per heavy atom. The van der Waals surface area contributed by atoms with Crippen LogP contribution in [0.3, 0.4) is 0 Å². The molecule has 10 heteroatoms. The van der Waals surface area contributed by atoms with Crippen molar-refractivity contribution in [2.45, 2.75) is 12.8 Å². The number of amides is 1. The maximum absolute atomic E-state index is 12.5. The van der Waals surface area contributed by atoms with Crippen LogP contribution in [0, 0.1) is 0 Å². The summed E-state index contributed by atoms with van der Waals surface area (Å²) in [6.45, 7) is -0.332. The largest absolute Gasteiger partial charge is 0.417 e. The zero-order valence-corrected chi connectivity index (χ0v) is 13.9. The van der Waals surface area contributed by atoms with E-state index >= 15 is 0 Å². The molecule has 0 aliphatic heterocycles. The molecule has 0 aliphatic carbocycles. The van der Waals surface area contributed by atoms with E-state index in [1.54, 1.807) is 0 Å². The van der Waals surface area contributed by atoms with E-state index in [9.17, 15) is 18.0 Å². The molecule has 1 N–H and O–H groups in total. The van der Waals surface area contributed by atoms with Gasteiger partial charge < -0.3 is 0 Å². The van der Waals surface area contributed by atoms with Gasteiger partial charge in [0.25, 0.3) is 5.91 Å².